The Balaban J connectivity index is 1.82. The number of ether oxygens (including phenoxy) is 2. The Kier molecular flexibility index (Phi) is 6.49. The number of nitrogens with zero attached hydrogens (tertiary/aromatic N) is 1. The number of nitrogens with one attached hydrogen (secondary N) is 1. The van der Waals surface area contributed by atoms with E-state index in [0.29, 0.717) is 17.0 Å². The zero-order valence-corrected chi connectivity index (χ0v) is 17.4. The molecule has 0 aliphatic carbocycles. The number of urea groups is 1. The van der Waals surface area contributed by atoms with Gasteiger partial charge >= 0.3 is 12.0 Å². The molecule has 3 rings (SSSR count). The van der Waals surface area contributed by atoms with Gasteiger partial charge in [0.05, 0.1) is 12.3 Å². The number of carbonyl (C=O) groups excluding carboxylic acids is 4. The van der Waals surface area contributed by atoms with E-state index in [0.717, 1.165) is 16.0 Å². The minimum absolute atomic E-state index is 0.168. The van der Waals surface area contributed by atoms with Gasteiger partial charge in [0.1, 0.15) is 11.3 Å². The van der Waals surface area contributed by atoms with Crippen LogP contribution in [0.1, 0.15) is 23.6 Å². The van der Waals surface area contributed by atoms with E-state index in [4.69, 9.17) is 9.47 Å². The summed E-state index contributed by atoms with van der Waals surface area (Å²) in [6.07, 6.45) is 1.40. The summed E-state index contributed by atoms with van der Waals surface area (Å²) >= 11 is 0. The molecule has 1 fully saturated rings. The number of benzene rings is 2. The van der Waals surface area contributed by atoms with Crippen LogP contribution >= 0.6 is 0 Å². The van der Waals surface area contributed by atoms with E-state index in [-0.39, 0.29) is 18.8 Å². The fourth-order valence-electron chi connectivity index (χ4n) is 3.14. The summed E-state index contributed by atoms with van der Waals surface area (Å²) in [5.74, 6) is -1.52. The standard InChI is InChI=1S/C23H22N2O6/c1-4-30-20(26)13-31-18-7-5-16(6-8-18)12-19-21(27)24-23(29)25(22(19)28)17-10-14(2)9-15(3)11-17/h5-12H,4,13H2,1-3H3,(H,24,27,29)/b19-12-. The Bertz CT molecular complexity index is 1050. The average Bonchev–Trinajstić information content (AvgIpc) is 2.70. The first-order valence-corrected chi connectivity index (χ1v) is 9.66. The number of barbiturate groups is 1. The molecule has 0 spiro atoms. The van der Waals surface area contributed by atoms with Crippen molar-refractivity contribution in [2.45, 2.75) is 20.8 Å². The van der Waals surface area contributed by atoms with Crippen LogP contribution in [0.25, 0.3) is 6.08 Å². The zero-order valence-electron chi connectivity index (χ0n) is 17.4. The van der Waals surface area contributed by atoms with Gasteiger partial charge in [-0.15, -0.1) is 0 Å². The summed E-state index contributed by atoms with van der Waals surface area (Å²) in [5, 5.41) is 2.21. The van der Waals surface area contributed by atoms with Crippen LogP contribution in [0.5, 0.6) is 5.75 Å². The van der Waals surface area contributed by atoms with E-state index in [2.05, 4.69) is 5.32 Å². The summed E-state index contributed by atoms with van der Waals surface area (Å²) in [5.41, 5.74) is 2.55. The molecule has 1 aliphatic heterocycles. The third kappa shape index (κ3) is 5.16. The molecule has 8 heteroatoms. The second kappa shape index (κ2) is 9.25. The highest BCUT2D eigenvalue weighted by Gasteiger charge is 2.36. The van der Waals surface area contributed by atoms with Gasteiger partial charge in [0.2, 0.25) is 0 Å². The first-order valence-electron chi connectivity index (χ1n) is 9.66. The number of anilines is 1. The van der Waals surface area contributed by atoms with Crippen LogP contribution in [0.3, 0.4) is 0 Å². The molecule has 0 radical (unpaired) electrons. The average molecular weight is 422 g/mol. The van der Waals surface area contributed by atoms with Gasteiger partial charge in [-0.1, -0.05) is 18.2 Å². The number of aryl methyl sites for hydroxylation is 2. The van der Waals surface area contributed by atoms with Crippen molar-refractivity contribution in [3.05, 3.63) is 64.7 Å². The predicted octanol–water partition coefficient (Wildman–Crippen LogP) is 2.91. The van der Waals surface area contributed by atoms with E-state index in [9.17, 15) is 19.2 Å². The molecule has 0 saturated carbocycles. The molecule has 31 heavy (non-hydrogen) atoms. The number of rotatable bonds is 6. The van der Waals surface area contributed by atoms with Crippen molar-refractivity contribution in [2.24, 2.45) is 0 Å². The smallest absolute Gasteiger partial charge is 0.344 e. The Labute approximate surface area is 179 Å². The quantitative estimate of drug-likeness (QED) is 0.436. The largest absolute Gasteiger partial charge is 0.482 e. The van der Waals surface area contributed by atoms with Crippen molar-refractivity contribution in [1.82, 2.24) is 5.32 Å². The summed E-state index contributed by atoms with van der Waals surface area (Å²) in [6.45, 7) is 5.47. The maximum absolute atomic E-state index is 13.0. The summed E-state index contributed by atoms with van der Waals surface area (Å²) in [4.78, 5) is 49.9. The van der Waals surface area contributed by atoms with Gasteiger partial charge < -0.3 is 9.47 Å². The van der Waals surface area contributed by atoms with E-state index >= 15 is 0 Å². The monoisotopic (exact) mass is 422 g/mol. The fraction of sp³-hybridized carbons (Fsp3) is 0.217. The molecular weight excluding hydrogens is 400 g/mol. The van der Waals surface area contributed by atoms with Gasteiger partial charge in [-0.25, -0.2) is 14.5 Å². The fourth-order valence-corrected chi connectivity index (χ4v) is 3.14. The first kappa shape index (κ1) is 21.8. The lowest BCUT2D eigenvalue weighted by atomic mass is 10.1. The molecule has 1 aliphatic rings. The first-order chi connectivity index (χ1) is 14.8. The van der Waals surface area contributed by atoms with Crippen molar-refractivity contribution in [3.63, 3.8) is 0 Å². The van der Waals surface area contributed by atoms with Crippen LogP contribution in [0, 0.1) is 13.8 Å². The van der Waals surface area contributed by atoms with E-state index in [1.165, 1.54) is 6.08 Å². The van der Waals surface area contributed by atoms with Gasteiger partial charge in [-0.2, -0.15) is 0 Å². The highest BCUT2D eigenvalue weighted by molar-refractivity contribution is 6.39. The lowest BCUT2D eigenvalue weighted by Gasteiger charge is -2.27. The molecular formula is C23H22N2O6. The van der Waals surface area contributed by atoms with Gasteiger partial charge in [0, 0.05) is 0 Å². The molecule has 0 aromatic heterocycles. The highest BCUT2D eigenvalue weighted by Crippen LogP contribution is 2.24. The van der Waals surface area contributed by atoms with Crippen LogP contribution < -0.4 is 15.0 Å². The number of hydrogen-bond donors (Lipinski definition) is 1. The number of amides is 4. The van der Waals surface area contributed by atoms with Gasteiger partial charge in [0.25, 0.3) is 11.8 Å². The SMILES string of the molecule is CCOC(=O)COc1ccc(/C=C2/C(=O)NC(=O)N(c3cc(C)cc(C)c3)C2=O)cc1. The third-order valence-corrected chi connectivity index (χ3v) is 4.42. The molecule has 0 bridgehead atoms. The van der Waals surface area contributed by atoms with E-state index < -0.39 is 23.8 Å². The Morgan fingerprint density at radius 2 is 1.68 bits per heavy atom. The highest BCUT2D eigenvalue weighted by atomic mass is 16.6. The Morgan fingerprint density at radius 3 is 2.29 bits per heavy atom. The topological polar surface area (TPSA) is 102 Å². The molecule has 1 N–H and O–H groups in total. The number of carbonyl (C=O) groups is 4. The summed E-state index contributed by atoms with van der Waals surface area (Å²) in [6, 6.07) is 11.0. The van der Waals surface area contributed by atoms with E-state index in [1.807, 2.05) is 19.9 Å². The summed E-state index contributed by atoms with van der Waals surface area (Å²) < 4.78 is 10.1. The number of hydrogen-bond acceptors (Lipinski definition) is 6. The molecule has 4 amide bonds. The second-order valence-electron chi connectivity index (χ2n) is 6.97. The van der Waals surface area contributed by atoms with Crippen LogP contribution in [0.4, 0.5) is 10.5 Å². The second-order valence-corrected chi connectivity index (χ2v) is 6.97. The van der Waals surface area contributed by atoms with Crippen LogP contribution in [-0.4, -0.2) is 37.0 Å². The maximum Gasteiger partial charge on any atom is 0.344 e. The normalized spacial score (nSPS) is 15.1. The molecule has 1 saturated heterocycles. The van der Waals surface area contributed by atoms with Gasteiger partial charge in [-0.05, 0) is 67.8 Å². The molecule has 8 nitrogen and oxygen atoms in total. The molecule has 2 aromatic carbocycles. The number of imide groups is 2. The number of esters is 1. The summed E-state index contributed by atoms with van der Waals surface area (Å²) in [7, 11) is 0. The lowest BCUT2D eigenvalue weighted by molar-refractivity contribution is -0.145. The molecule has 0 unspecified atom stereocenters. The zero-order chi connectivity index (χ0) is 22.5. The lowest BCUT2D eigenvalue weighted by Crippen LogP contribution is -2.54. The minimum Gasteiger partial charge on any atom is -0.482 e. The van der Waals surface area contributed by atoms with Crippen molar-refractivity contribution < 1.29 is 28.7 Å². The molecule has 1 heterocycles. The van der Waals surface area contributed by atoms with Crippen LogP contribution in [0.2, 0.25) is 0 Å². The minimum atomic E-state index is -0.792. The molecule has 160 valence electrons. The molecule has 2 aromatic rings. The maximum atomic E-state index is 13.0. The van der Waals surface area contributed by atoms with E-state index in [1.54, 1.807) is 43.3 Å². The van der Waals surface area contributed by atoms with Crippen molar-refractivity contribution in [2.75, 3.05) is 18.1 Å². The Morgan fingerprint density at radius 1 is 1.03 bits per heavy atom. The van der Waals surface area contributed by atoms with Crippen molar-refractivity contribution in [1.29, 1.82) is 0 Å². The van der Waals surface area contributed by atoms with Crippen molar-refractivity contribution >= 4 is 35.6 Å². The van der Waals surface area contributed by atoms with Crippen LogP contribution in [-0.2, 0) is 19.1 Å². The van der Waals surface area contributed by atoms with Gasteiger partial charge in [-0.3, -0.25) is 14.9 Å². The van der Waals surface area contributed by atoms with Crippen molar-refractivity contribution in [3.8, 4) is 5.75 Å². The van der Waals surface area contributed by atoms with Gasteiger partial charge in [0.15, 0.2) is 6.61 Å². The third-order valence-electron chi connectivity index (χ3n) is 4.42. The molecule has 0 atom stereocenters. The van der Waals surface area contributed by atoms with Crippen LogP contribution in [0.15, 0.2) is 48.0 Å². The predicted molar refractivity (Wildman–Crippen MR) is 113 cm³/mol. The Hall–Kier alpha value is -3.94.